The van der Waals surface area contributed by atoms with Gasteiger partial charge in [-0.25, -0.2) is 4.79 Å². The van der Waals surface area contributed by atoms with Gasteiger partial charge in [-0.3, -0.25) is 4.79 Å². The molecule has 2 unspecified atom stereocenters. The SMILES string of the molecule is CC1OCOC(=O)C(C)OCCC1=O. The molecule has 1 fully saturated rings. The van der Waals surface area contributed by atoms with Crippen LogP contribution in [-0.4, -0.2) is 37.4 Å². The van der Waals surface area contributed by atoms with E-state index in [4.69, 9.17) is 14.2 Å². The number of cyclic esters (lactones) is 1. The van der Waals surface area contributed by atoms with Crippen molar-refractivity contribution in [1.29, 1.82) is 0 Å². The van der Waals surface area contributed by atoms with Crippen LogP contribution in [0.4, 0.5) is 0 Å². The molecule has 1 aliphatic heterocycles. The van der Waals surface area contributed by atoms with Crippen LogP contribution in [0.3, 0.4) is 0 Å². The number of carbonyl (C=O) groups is 2. The van der Waals surface area contributed by atoms with Crippen molar-refractivity contribution in [3.63, 3.8) is 0 Å². The van der Waals surface area contributed by atoms with E-state index in [1.807, 2.05) is 0 Å². The number of hydrogen-bond donors (Lipinski definition) is 0. The summed E-state index contributed by atoms with van der Waals surface area (Å²) in [7, 11) is 0. The van der Waals surface area contributed by atoms with E-state index in [0.717, 1.165) is 0 Å². The highest BCUT2D eigenvalue weighted by Gasteiger charge is 2.20. The molecule has 1 saturated heterocycles. The molecule has 0 spiro atoms. The molecule has 1 aliphatic rings. The Morgan fingerprint density at radius 2 is 1.86 bits per heavy atom. The van der Waals surface area contributed by atoms with Gasteiger partial charge in [-0.15, -0.1) is 0 Å². The quantitative estimate of drug-likeness (QED) is 0.527. The number of carbonyl (C=O) groups excluding carboxylic acids is 2. The predicted molar refractivity (Wildman–Crippen MR) is 46.5 cm³/mol. The Kier molecular flexibility index (Phi) is 4.03. The molecule has 0 aromatic carbocycles. The highest BCUT2D eigenvalue weighted by atomic mass is 16.7. The third-order valence-electron chi connectivity index (χ3n) is 2.02. The number of rotatable bonds is 0. The topological polar surface area (TPSA) is 61.8 Å². The summed E-state index contributed by atoms with van der Waals surface area (Å²) in [6.45, 7) is 3.24. The van der Waals surface area contributed by atoms with E-state index in [0.29, 0.717) is 0 Å². The van der Waals surface area contributed by atoms with E-state index in [-0.39, 0.29) is 25.6 Å². The number of ether oxygens (including phenoxy) is 3. The van der Waals surface area contributed by atoms with Gasteiger partial charge in [0.05, 0.1) is 6.61 Å². The molecule has 14 heavy (non-hydrogen) atoms. The van der Waals surface area contributed by atoms with Gasteiger partial charge in [0.2, 0.25) is 0 Å². The van der Waals surface area contributed by atoms with Gasteiger partial charge in [-0.05, 0) is 13.8 Å². The number of esters is 1. The molecule has 1 rings (SSSR count). The van der Waals surface area contributed by atoms with Crippen molar-refractivity contribution < 1.29 is 23.8 Å². The number of hydrogen-bond acceptors (Lipinski definition) is 5. The summed E-state index contributed by atoms with van der Waals surface area (Å²) < 4.78 is 14.8. The normalized spacial score (nSPS) is 31.0. The molecule has 1 heterocycles. The number of Topliss-reactive ketones (excluding diaryl/α,β-unsaturated/α-hetero) is 1. The molecule has 0 amide bonds. The van der Waals surface area contributed by atoms with E-state index in [1.54, 1.807) is 13.8 Å². The lowest BCUT2D eigenvalue weighted by atomic mass is 10.2. The number of ketones is 1. The summed E-state index contributed by atoms with van der Waals surface area (Å²) in [5, 5.41) is 0. The Labute approximate surface area is 82.3 Å². The van der Waals surface area contributed by atoms with Crippen LogP contribution in [0, 0.1) is 0 Å². The smallest absolute Gasteiger partial charge is 0.337 e. The first-order valence-corrected chi connectivity index (χ1v) is 4.54. The highest BCUT2D eigenvalue weighted by Crippen LogP contribution is 2.04. The first-order chi connectivity index (χ1) is 6.61. The minimum Gasteiger partial charge on any atom is -0.437 e. The van der Waals surface area contributed by atoms with Gasteiger partial charge in [0.25, 0.3) is 0 Å². The van der Waals surface area contributed by atoms with Crippen molar-refractivity contribution >= 4 is 11.8 Å². The molecule has 0 bridgehead atoms. The first kappa shape index (κ1) is 11.1. The Morgan fingerprint density at radius 3 is 2.57 bits per heavy atom. The average Bonchev–Trinajstić information content (AvgIpc) is 2.15. The zero-order valence-corrected chi connectivity index (χ0v) is 8.32. The summed E-state index contributed by atoms with van der Waals surface area (Å²) in [5.74, 6) is -0.512. The van der Waals surface area contributed by atoms with E-state index >= 15 is 0 Å². The van der Waals surface area contributed by atoms with Gasteiger partial charge >= 0.3 is 5.97 Å². The lowest BCUT2D eigenvalue weighted by Crippen LogP contribution is -2.31. The zero-order chi connectivity index (χ0) is 10.6. The monoisotopic (exact) mass is 202 g/mol. The molecule has 80 valence electrons. The van der Waals surface area contributed by atoms with Gasteiger partial charge in [0.1, 0.15) is 6.10 Å². The second-order valence-corrected chi connectivity index (χ2v) is 3.12. The molecule has 0 N–H and O–H groups in total. The van der Waals surface area contributed by atoms with Gasteiger partial charge in [0, 0.05) is 6.42 Å². The molecular formula is C9H14O5. The molecule has 0 aromatic rings. The van der Waals surface area contributed by atoms with Gasteiger partial charge in [-0.2, -0.15) is 0 Å². The summed E-state index contributed by atoms with van der Waals surface area (Å²) in [6, 6.07) is 0. The maximum atomic E-state index is 11.3. The van der Waals surface area contributed by atoms with Crippen LogP contribution in [0.5, 0.6) is 0 Å². The fourth-order valence-corrected chi connectivity index (χ4v) is 1.01. The van der Waals surface area contributed by atoms with E-state index in [1.165, 1.54) is 0 Å². The Balaban J connectivity index is 2.51. The Hall–Kier alpha value is -0.940. The third kappa shape index (κ3) is 3.08. The minimum absolute atomic E-state index is 0.0462. The van der Waals surface area contributed by atoms with Crippen LogP contribution in [-0.2, 0) is 23.8 Å². The summed E-state index contributed by atoms with van der Waals surface area (Å²) in [5.41, 5.74) is 0. The van der Waals surface area contributed by atoms with Crippen LogP contribution in [0.1, 0.15) is 20.3 Å². The first-order valence-electron chi connectivity index (χ1n) is 4.54. The van der Waals surface area contributed by atoms with Gasteiger partial charge < -0.3 is 14.2 Å². The maximum Gasteiger partial charge on any atom is 0.337 e. The van der Waals surface area contributed by atoms with Crippen LogP contribution in [0.2, 0.25) is 0 Å². The van der Waals surface area contributed by atoms with Crippen molar-refractivity contribution in [3.8, 4) is 0 Å². The molecule has 0 aromatic heterocycles. The Morgan fingerprint density at radius 1 is 1.14 bits per heavy atom. The Bertz CT molecular complexity index is 201. The predicted octanol–water partition coefficient (Wildman–Crippen LogP) is 0.270. The maximum absolute atomic E-state index is 11.3. The fourth-order valence-electron chi connectivity index (χ4n) is 1.01. The van der Waals surface area contributed by atoms with E-state index < -0.39 is 18.2 Å². The molecule has 0 saturated carbocycles. The standard InChI is InChI=1S/C9H14O5/c1-6-8(10)3-4-12-7(2)9(11)14-5-13-6/h6-7H,3-5H2,1-2H3. The highest BCUT2D eigenvalue weighted by molar-refractivity contribution is 5.82. The molecular weight excluding hydrogens is 188 g/mol. The van der Waals surface area contributed by atoms with Crippen molar-refractivity contribution in [3.05, 3.63) is 0 Å². The second-order valence-electron chi connectivity index (χ2n) is 3.12. The molecule has 2 atom stereocenters. The van der Waals surface area contributed by atoms with Crippen molar-refractivity contribution in [2.75, 3.05) is 13.4 Å². The summed E-state index contributed by atoms with van der Waals surface area (Å²) in [6.07, 6.45) is -0.918. The van der Waals surface area contributed by atoms with Crippen LogP contribution < -0.4 is 0 Å². The summed E-state index contributed by atoms with van der Waals surface area (Å²) >= 11 is 0. The minimum atomic E-state index is -0.639. The zero-order valence-electron chi connectivity index (χ0n) is 8.32. The van der Waals surface area contributed by atoms with Crippen molar-refractivity contribution in [2.45, 2.75) is 32.5 Å². The molecule has 0 radical (unpaired) electrons. The fraction of sp³-hybridized carbons (Fsp3) is 0.778. The van der Waals surface area contributed by atoms with Crippen LogP contribution in [0.15, 0.2) is 0 Å². The molecule has 5 nitrogen and oxygen atoms in total. The lowest BCUT2D eigenvalue weighted by Gasteiger charge is -2.17. The lowest BCUT2D eigenvalue weighted by molar-refractivity contribution is -0.177. The van der Waals surface area contributed by atoms with Crippen molar-refractivity contribution in [2.24, 2.45) is 0 Å². The largest absolute Gasteiger partial charge is 0.437 e. The van der Waals surface area contributed by atoms with Crippen molar-refractivity contribution in [1.82, 2.24) is 0 Å². The van der Waals surface area contributed by atoms with E-state index in [9.17, 15) is 9.59 Å². The van der Waals surface area contributed by atoms with Gasteiger partial charge in [0.15, 0.2) is 18.7 Å². The van der Waals surface area contributed by atoms with Crippen LogP contribution in [0.25, 0.3) is 0 Å². The molecule has 5 heteroatoms. The second kappa shape index (κ2) is 5.07. The summed E-state index contributed by atoms with van der Waals surface area (Å²) in [4.78, 5) is 22.4. The average molecular weight is 202 g/mol. The third-order valence-corrected chi connectivity index (χ3v) is 2.02. The van der Waals surface area contributed by atoms with E-state index in [2.05, 4.69) is 0 Å². The van der Waals surface area contributed by atoms with Crippen LogP contribution >= 0.6 is 0 Å². The molecule has 0 aliphatic carbocycles. The van der Waals surface area contributed by atoms with Gasteiger partial charge in [-0.1, -0.05) is 0 Å².